The predicted molar refractivity (Wildman–Crippen MR) is 78.0 cm³/mol. The van der Waals surface area contributed by atoms with E-state index in [0.717, 1.165) is 5.56 Å². The lowest BCUT2D eigenvalue weighted by Crippen LogP contribution is -2.36. The average molecular weight is 273 g/mol. The molecule has 2 aromatic carbocycles. The molecule has 0 saturated carbocycles. The second-order valence-corrected chi connectivity index (χ2v) is 4.53. The normalized spacial score (nSPS) is 13.6. The Bertz CT molecular complexity index is 549. The van der Waals surface area contributed by atoms with E-state index in [0.29, 0.717) is 17.1 Å². The Balaban J connectivity index is 2.56. The van der Waals surface area contributed by atoms with Gasteiger partial charge in [-0.2, -0.15) is 0 Å². The molecule has 0 spiro atoms. The fraction of sp³-hybridized carbons (Fsp3) is 0.250. The van der Waals surface area contributed by atoms with Gasteiger partial charge in [0.2, 0.25) is 0 Å². The van der Waals surface area contributed by atoms with Crippen LogP contribution in [0.1, 0.15) is 11.1 Å². The van der Waals surface area contributed by atoms with Crippen LogP contribution < -0.4 is 15.2 Å². The van der Waals surface area contributed by atoms with E-state index in [2.05, 4.69) is 0 Å². The molecule has 0 radical (unpaired) electrons. The van der Waals surface area contributed by atoms with Crippen LogP contribution in [0.4, 0.5) is 0 Å². The largest absolute Gasteiger partial charge is 0.497 e. The number of nitrogens with two attached hydrogens (primary N) is 1. The second-order valence-electron chi connectivity index (χ2n) is 4.53. The molecular weight excluding hydrogens is 254 g/mol. The molecule has 0 aliphatic carbocycles. The minimum Gasteiger partial charge on any atom is -0.497 e. The van der Waals surface area contributed by atoms with Gasteiger partial charge >= 0.3 is 0 Å². The van der Waals surface area contributed by atoms with E-state index in [4.69, 9.17) is 15.2 Å². The lowest BCUT2D eigenvalue weighted by Gasteiger charge is -2.28. The molecule has 0 aliphatic rings. The van der Waals surface area contributed by atoms with Crippen molar-refractivity contribution in [2.24, 2.45) is 5.73 Å². The third kappa shape index (κ3) is 2.61. The molecule has 3 N–H and O–H groups in total. The maximum atomic E-state index is 11.0. The standard InChI is InChI=1S/C16H19NO3/c1-19-14-8-13(9-15(10-14)20-2)16(18,11-17)12-6-4-3-5-7-12/h3-10,18H,11,17H2,1-2H3. The van der Waals surface area contributed by atoms with Gasteiger partial charge in [-0.05, 0) is 23.3 Å². The van der Waals surface area contributed by atoms with Gasteiger partial charge in [0.1, 0.15) is 17.1 Å². The Hall–Kier alpha value is -2.04. The van der Waals surface area contributed by atoms with E-state index in [1.165, 1.54) is 0 Å². The molecule has 0 amide bonds. The summed E-state index contributed by atoms with van der Waals surface area (Å²) in [5, 5.41) is 11.0. The van der Waals surface area contributed by atoms with Crippen molar-refractivity contribution in [2.45, 2.75) is 5.60 Å². The van der Waals surface area contributed by atoms with Gasteiger partial charge in [-0.25, -0.2) is 0 Å². The van der Waals surface area contributed by atoms with Crippen LogP contribution in [-0.2, 0) is 5.60 Å². The van der Waals surface area contributed by atoms with Gasteiger partial charge < -0.3 is 20.3 Å². The number of aliphatic hydroxyl groups is 1. The van der Waals surface area contributed by atoms with Crippen molar-refractivity contribution in [3.05, 3.63) is 59.7 Å². The van der Waals surface area contributed by atoms with Crippen molar-refractivity contribution in [1.82, 2.24) is 0 Å². The Kier molecular flexibility index (Phi) is 4.27. The first-order chi connectivity index (χ1) is 9.63. The summed E-state index contributed by atoms with van der Waals surface area (Å²) < 4.78 is 10.5. The minimum atomic E-state index is -1.27. The lowest BCUT2D eigenvalue weighted by molar-refractivity contribution is 0.0897. The topological polar surface area (TPSA) is 64.7 Å². The van der Waals surface area contributed by atoms with E-state index < -0.39 is 5.60 Å². The smallest absolute Gasteiger partial charge is 0.127 e. The van der Waals surface area contributed by atoms with Crippen LogP contribution in [0.25, 0.3) is 0 Å². The van der Waals surface area contributed by atoms with Crippen LogP contribution in [0.2, 0.25) is 0 Å². The van der Waals surface area contributed by atoms with E-state index >= 15 is 0 Å². The molecule has 2 rings (SSSR count). The zero-order chi connectivity index (χ0) is 14.6. The van der Waals surface area contributed by atoms with Crippen molar-refractivity contribution < 1.29 is 14.6 Å². The third-order valence-corrected chi connectivity index (χ3v) is 3.38. The first-order valence-corrected chi connectivity index (χ1v) is 6.35. The maximum absolute atomic E-state index is 11.0. The van der Waals surface area contributed by atoms with Crippen molar-refractivity contribution in [3.63, 3.8) is 0 Å². The maximum Gasteiger partial charge on any atom is 0.127 e. The van der Waals surface area contributed by atoms with E-state index in [9.17, 15) is 5.11 Å². The van der Waals surface area contributed by atoms with Crippen molar-refractivity contribution >= 4 is 0 Å². The molecule has 0 heterocycles. The molecule has 2 aromatic rings. The van der Waals surface area contributed by atoms with Gasteiger partial charge in [-0.1, -0.05) is 30.3 Å². The summed E-state index contributed by atoms with van der Waals surface area (Å²) in [5.74, 6) is 1.23. The molecule has 4 heteroatoms. The summed E-state index contributed by atoms with van der Waals surface area (Å²) in [4.78, 5) is 0. The lowest BCUT2D eigenvalue weighted by atomic mass is 9.86. The fourth-order valence-corrected chi connectivity index (χ4v) is 2.16. The van der Waals surface area contributed by atoms with Crippen LogP contribution in [0, 0.1) is 0 Å². The zero-order valence-corrected chi connectivity index (χ0v) is 11.7. The van der Waals surface area contributed by atoms with E-state index in [1.54, 1.807) is 32.4 Å². The highest BCUT2D eigenvalue weighted by Gasteiger charge is 2.30. The molecule has 0 saturated heterocycles. The zero-order valence-electron chi connectivity index (χ0n) is 11.7. The Morgan fingerprint density at radius 2 is 1.50 bits per heavy atom. The van der Waals surface area contributed by atoms with Crippen molar-refractivity contribution in [1.29, 1.82) is 0 Å². The Morgan fingerprint density at radius 3 is 1.95 bits per heavy atom. The van der Waals surface area contributed by atoms with Gasteiger partial charge in [0, 0.05) is 12.6 Å². The Morgan fingerprint density at radius 1 is 0.950 bits per heavy atom. The molecule has 1 atom stereocenters. The summed E-state index contributed by atoms with van der Waals surface area (Å²) in [6, 6.07) is 14.6. The fourth-order valence-electron chi connectivity index (χ4n) is 2.16. The Labute approximate surface area is 118 Å². The summed E-state index contributed by atoms with van der Waals surface area (Å²) in [5.41, 5.74) is 5.92. The van der Waals surface area contributed by atoms with Crippen LogP contribution in [0.3, 0.4) is 0 Å². The molecular formula is C16H19NO3. The summed E-state index contributed by atoms with van der Waals surface area (Å²) in [7, 11) is 3.14. The molecule has 0 aromatic heterocycles. The minimum absolute atomic E-state index is 0.0628. The number of hydrogen-bond donors (Lipinski definition) is 2. The molecule has 0 fully saturated rings. The number of ether oxygens (including phenoxy) is 2. The van der Waals surface area contributed by atoms with Crippen molar-refractivity contribution in [2.75, 3.05) is 20.8 Å². The van der Waals surface area contributed by atoms with Gasteiger partial charge in [-0.15, -0.1) is 0 Å². The number of methoxy groups -OCH3 is 2. The molecule has 0 bridgehead atoms. The van der Waals surface area contributed by atoms with Gasteiger partial charge in [0.25, 0.3) is 0 Å². The highest BCUT2D eigenvalue weighted by atomic mass is 16.5. The number of rotatable bonds is 5. The molecule has 106 valence electrons. The molecule has 1 unspecified atom stereocenters. The quantitative estimate of drug-likeness (QED) is 0.873. The highest BCUT2D eigenvalue weighted by molar-refractivity contribution is 5.45. The van der Waals surface area contributed by atoms with Crippen LogP contribution >= 0.6 is 0 Å². The highest BCUT2D eigenvalue weighted by Crippen LogP contribution is 2.33. The summed E-state index contributed by atoms with van der Waals surface area (Å²) >= 11 is 0. The van der Waals surface area contributed by atoms with Gasteiger partial charge in [-0.3, -0.25) is 0 Å². The van der Waals surface area contributed by atoms with E-state index in [-0.39, 0.29) is 6.54 Å². The third-order valence-electron chi connectivity index (χ3n) is 3.38. The number of hydrogen-bond acceptors (Lipinski definition) is 4. The number of benzene rings is 2. The van der Waals surface area contributed by atoms with Gasteiger partial charge in [0.05, 0.1) is 14.2 Å². The summed E-state index contributed by atoms with van der Waals surface area (Å²) in [6.07, 6.45) is 0. The average Bonchev–Trinajstić information content (AvgIpc) is 2.54. The van der Waals surface area contributed by atoms with Crippen LogP contribution in [0.15, 0.2) is 48.5 Å². The monoisotopic (exact) mass is 273 g/mol. The molecule has 20 heavy (non-hydrogen) atoms. The van der Waals surface area contributed by atoms with E-state index in [1.807, 2.05) is 30.3 Å². The van der Waals surface area contributed by atoms with Crippen molar-refractivity contribution in [3.8, 4) is 11.5 Å². The SMILES string of the molecule is COc1cc(OC)cc(C(O)(CN)c2ccccc2)c1. The van der Waals surface area contributed by atoms with Crippen LogP contribution in [-0.4, -0.2) is 25.9 Å². The first kappa shape index (κ1) is 14.4. The second kappa shape index (κ2) is 5.94. The first-order valence-electron chi connectivity index (χ1n) is 6.35. The van der Waals surface area contributed by atoms with Crippen LogP contribution in [0.5, 0.6) is 11.5 Å². The molecule has 4 nitrogen and oxygen atoms in total. The predicted octanol–water partition coefficient (Wildman–Crippen LogP) is 1.90. The summed E-state index contributed by atoms with van der Waals surface area (Å²) in [6.45, 7) is 0.0628. The molecule has 0 aliphatic heterocycles. The van der Waals surface area contributed by atoms with Gasteiger partial charge in [0.15, 0.2) is 0 Å².